The van der Waals surface area contributed by atoms with Crippen LogP contribution < -0.4 is 5.32 Å². The summed E-state index contributed by atoms with van der Waals surface area (Å²) in [5.41, 5.74) is 1.89. The lowest BCUT2D eigenvalue weighted by atomic mass is 10.1. The maximum atomic E-state index is 11.6. The highest BCUT2D eigenvalue weighted by molar-refractivity contribution is 6.03. The molecule has 0 saturated heterocycles. The summed E-state index contributed by atoms with van der Waals surface area (Å²) < 4.78 is 0. The molecule has 0 saturated carbocycles. The molecule has 0 fully saturated rings. The van der Waals surface area contributed by atoms with Crippen molar-refractivity contribution >= 4 is 17.6 Å². The second kappa shape index (κ2) is 5.84. The monoisotopic (exact) mass is 233 g/mol. The number of carboxylic acid groups (broad SMARTS) is 1. The second-order valence-corrected chi connectivity index (χ2v) is 3.70. The largest absolute Gasteiger partial charge is 0.481 e. The molecule has 0 atom stereocenters. The molecule has 4 nitrogen and oxygen atoms in total. The van der Waals surface area contributed by atoms with Gasteiger partial charge in [-0.05, 0) is 31.5 Å². The first-order chi connectivity index (χ1) is 8.02. The Bertz CT molecular complexity index is 463. The van der Waals surface area contributed by atoms with E-state index < -0.39 is 5.97 Å². The minimum Gasteiger partial charge on any atom is -0.481 e. The number of aliphatic carboxylic acids is 1. The molecule has 90 valence electrons. The fourth-order valence-corrected chi connectivity index (χ4v) is 1.29. The summed E-state index contributed by atoms with van der Waals surface area (Å²) in [6.45, 7) is 3.51. The zero-order chi connectivity index (χ0) is 12.8. The number of amides is 1. The average molecular weight is 233 g/mol. The molecule has 1 amide bonds. The number of carbonyl (C=O) groups is 2. The first kappa shape index (κ1) is 13.0. The molecular formula is C13H15NO3. The van der Waals surface area contributed by atoms with Crippen molar-refractivity contribution in [2.45, 2.75) is 20.3 Å². The van der Waals surface area contributed by atoms with Crippen LogP contribution in [0.25, 0.3) is 0 Å². The molecule has 0 unspecified atom stereocenters. The Morgan fingerprint density at radius 1 is 1.41 bits per heavy atom. The van der Waals surface area contributed by atoms with E-state index in [9.17, 15) is 9.59 Å². The van der Waals surface area contributed by atoms with Crippen LogP contribution in [0.2, 0.25) is 0 Å². The van der Waals surface area contributed by atoms with E-state index in [0.29, 0.717) is 16.8 Å². The van der Waals surface area contributed by atoms with Gasteiger partial charge in [-0.15, -0.1) is 0 Å². The van der Waals surface area contributed by atoms with E-state index in [1.807, 2.05) is 0 Å². The summed E-state index contributed by atoms with van der Waals surface area (Å²) in [6, 6.07) is 6.83. The fourth-order valence-electron chi connectivity index (χ4n) is 1.29. The van der Waals surface area contributed by atoms with Crippen molar-refractivity contribution in [3.05, 3.63) is 41.5 Å². The summed E-state index contributed by atoms with van der Waals surface area (Å²) in [4.78, 5) is 22.1. The topological polar surface area (TPSA) is 66.4 Å². The first-order valence-corrected chi connectivity index (χ1v) is 5.28. The number of hydrogen-bond acceptors (Lipinski definition) is 2. The third-order valence-corrected chi connectivity index (χ3v) is 2.33. The smallest absolute Gasteiger partial charge is 0.307 e. The van der Waals surface area contributed by atoms with Crippen LogP contribution in [0.15, 0.2) is 35.9 Å². The van der Waals surface area contributed by atoms with Gasteiger partial charge in [0.05, 0.1) is 6.42 Å². The molecule has 0 aliphatic rings. The SMILES string of the molecule is C/C=C(/C)C(=O)Nc1cccc(CC(=O)O)c1. The molecule has 0 spiro atoms. The van der Waals surface area contributed by atoms with Gasteiger partial charge in [-0.2, -0.15) is 0 Å². The van der Waals surface area contributed by atoms with E-state index in [0.717, 1.165) is 0 Å². The average Bonchev–Trinajstić information content (AvgIpc) is 2.27. The van der Waals surface area contributed by atoms with Gasteiger partial charge in [0.25, 0.3) is 5.91 Å². The number of allylic oxidation sites excluding steroid dienone is 1. The van der Waals surface area contributed by atoms with Crippen molar-refractivity contribution in [3.8, 4) is 0 Å². The van der Waals surface area contributed by atoms with Crippen LogP contribution in [0.3, 0.4) is 0 Å². The van der Waals surface area contributed by atoms with Crippen LogP contribution in [-0.2, 0) is 16.0 Å². The summed E-state index contributed by atoms with van der Waals surface area (Å²) in [5.74, 6) is -1.07. The molecule has 4 heteroatoms. The van der Waals surface area contributed by atoms with Crippen molar-refractivity contribution in [2.75, 3.05) is 5.32 Å². The Kier molecular flexibility index (Phi) is 4.46. The van der Waals surface area contributed by atoms with Crippen LogP contribution in [0.1, 0.15) is 19.4 Å². The third-order valence-electron chi connectivity index (χ3n) is 2.33. The molecule has 0 heterocycles. The van der Waals surface area contributed by atoms with Gasteiger partial charge in [-0.1, -0.05) is 18.2 Å². The van der Waals surface area contributed by atoms with Crippen molar-refractivity contribution in [2.24, 2.45) is 0 Å². The number of hydrogen-bond donors (Lipinski definition) is 2. The Morgan fingerprint density at radius 3 is 2.71 bits per heavy atom. The number of carbonyl (C=O) groups excluding carboxylic acids is 1. The van der Waals surface area contributed by atoms with Crippen LogP contribution >= 0.6 is 0 Å². The van der Waals surface area contributed by atoms with Gasteiger partial charge in [-0.25, -0.2) is 0 Å². The molecule has 17 heavy (non-hydrogen) atoms. The molecular weight excluding hydrogens is 218 g/mol. The quantitative estimate of drug-likeness (QED) is 0.783. The maximum Gasteiger partial charge on any atom is 0.307 e. The van der Waals surface area contributed by atoms with Gasteiger partial charge in [-0.3, -0.25) is 9.59 Å². The highest BCUT2D eigenvalue weighted by atomic mass is 16.4. The van der Waals surface area contributed by atoms with E-state index in [2.05, 4.69) is 5.32 Å². The second-order valence-electron chi connectivity index (χ2n) is 3.70. The van der Waals surface area contributed by atoms with Crippen LogP contribution in [-0.4, -0.2) is 17.0 Å². The van der Waals surface area contributed by atoms with Crippen molar-refractivity contribution < 1.29 is 14.7 Å². The molecule has 1 aromatic carbocycles. The van der Waals surface area contributed by atoms with Gasteiger partial charge in [0.15, 0.2) is 0 Å². The van der Waals surface area contributed by atoms with Gasteiger partial charge in [0.1, 0.15) is 0 Å². The predicted octanol–water partition coefficient (Wildman–Crippen LogP) is 2.22. The van der Waals surface area contributed by atoms with E-state index >= 15 is 0 Å². The molecule has 0 aromatic heterocycles. The van der Waals surface area contributed by atoms with Gasteiger partial charge in [0.2, 0.25) is 0 Å². The zero-order valence-electron chi connectivity index (χ0n) is 9.86. The van der Waals surface area contributed by atoms with Crippen LogP contribution in [0.5, 0.6) is 0 Å². The summed E-state index contributed by atoms with van der Waals surface area (Å²) in [7, 11) is 0. The Balaban J connectivity index is 2.79. The van der Waals surface area contributed by atoms with Gasteiger partial charge < -0.3 is 10.4 Å². The fraction of sp³-hybridized carbons (Fsp3) is 0.231. The molecule has 1 aromatic rings. The lowest BCUT2D eigenvalue weighted by Crippen LogP contribution is -2.12. The lowest BCUT2D eigenvalue weighted by molar-refractivity contribution is -0.136. The zero-order valence-corrected chi connectivity index (χ0v) is 9.86. The minimum absolute atomic E-state index is 0.0493. The Hall–Kier alpha value is -2.10. The molecule has 0 aliphatic carbocycles. The molecule has 2 N–H and O–H groups in total. The third kappa shape index (κ3) is 4.10. The molecule has 1 rings (SSSR count). The standard InChI is InChI=1S/C13H15NO3/c1-3-9(2)13(17)14-11-6-4-5-10(7-11)8-12(15)16/h3-7H,8H2,1-2H3,(H,14,17)(H,15,16)/b9-3-. The first-order valence-electron chi connectivity index (χ1n) is 5.28. The number of nitrogens with one attached hydrogen (secondary N) is 1. The predicted molar refractivity (Wildman–Crippen MR) is 65.8 cm³/mol. The molecule has 0 radical (unpaired) electrons. The van der Waals surface area contributed by atoms with Crippen LogP contribution in [0, 0.1) is 0 Å². The highest BCUT2D eigenvalue weighted by Gasteiger charge is 2.05. The van der Waals surface area contributed by atoms with E-state index in [-0.39, 0.29) is 12.3 Å². The van der Waals surface area contributed by atoms with Gasteiger partial charge >= 0.3 is 5.97 Å². The summed E-state index contributed by atoms with van der Waals surface area (Å²) in [5, 5.41) is 11.4. The van der Waals surface area contributed by atoms with E-state index in [4.69, 9.17) is 5.11 Å². The van der Waals surface area contributed by atoms with Crippen molar-refractivity contribution in [1.82, 2.24) is 0 Å². The van der Waals surface area contributed by atoms with Gasteiger partial charge in [0, 0.05) is 11.3 Å². The summed E-state index contributed by atoms with van der Waals surface area (Å²) >= 11 is 0. The Labute approximate surface area is 100.0 Å². The van der Waals surface area contributed by atoms with Crippen molar-refractivity contribution in [1.29, 1.82) is 0 Å². The molecule has 0 aliphatic heterocycles. The molecule has 0 bridgehead atoms. The number of carboxylic acids is 1. The van der Waals surface area contributed by atoms with E-state index in [1.165, 1.54) is 0 Å². The number of rotatable bonds is 4. The maximum absolute atomic E-state index is 11.6. The normalized spacial score (nSPS) is 11.1. The van der Waals surface area contributed by atoms with E-state index in [1.54, 1.807) is 44.2 Å². The minimum atomic E-state index is -0.891. The van der Waals surface area contributed by atoms with Crippen molar-refractivity contribution in [3.63, 3.8) is 0 Å². The number of anilines is 1. The highest BCUT2D eigenvalue weighted by Crippen LogP contribution is 2.12. The van der Waals surface area contributed by atoms with Crippen LogP contribution in [0.4, 0.5) is 5.69 Å². The Morgan fingerprint density at radius 2 is 2.12 bits per heavy atom. The lowest BCUT2D eigenvalue weighted by Gasteiger charge is -2.06. The number of benzene rings is 1. The summed E-state index contributed by atoms with van der Waals surface area (Å²) in [6.07, 6.45) is 1.67.